The molecule has 2 N–H and O–H groups in total. The largest absolute Gasteiger partial charge is 0.478 e. The number of aromatic carboxylic acids is 1. The van der Waals surface area contributed by atoms with Crippen LogP contribution in [0, 0.1) is 5.41 Å². The number of hydrogen-bond donors (Lipinski definition) is 2. The second-order valence-electron chi connectivity index (χ2n) is 5.73. The van der Waals surface area contributed by atoms with Crippen molar-refractivity contribution >= 4 is 37.6 Å². The van der Waals surface area contributed by atoms with Crippen molar-refractivity contribution in [2.24, 2.45) is 5.41 Å². The Balaban J connectivity index is 2.97. The van der Waals surface area contributed by atoms with Crippen LogP contribution < -0.4 is 4.72 Å². The predicted octanol–water partition coefficient (Wildman–Crippen LogP) is 3.33. The van der Waals surface area contributed by atoms with Gasteiger partial charge in [-0.1, -0.05) is 36.7 Å². The number of rotatable bonds is 5. The standard InChI is InChI=1S/C13H18BrNO4S/c1-13(2,3)6-7-20(18,19)15-11-8-9(14)4-5-10(11)12(16)17/h4-5,8,15H,6-7H2,1-3H3,(H,16,17). The van der Waals surface area contributed by atoms with Crippen molar-refractivity contribution in [2.45, 2.75) is 27.2 Å². The predicted molar refractivity (Wildman–Crippen MR) is 82.6 cm³/mol. The number of anilines is 1. The average molecular weight is 364 g/mol. The summed E-state index contributed by atoms with van der Waals surface area (Å²) in [5, 5.41) is 9.06. The van der Waals surface area contributed by atoms with E-state index in [1.807, 2.05) is 20.8 Å². The van der Waals surface area contributed by atoms with E-state index in [4.69, 9.17) is 5.11 Å². The topological polar surface area (TPSA) is 83.5 Å². The molecule has 1 rings (SSSR count). The first-order chi connectivity index (χ1) is 9.00. The van der Waals surface area contributed by atoms with Gasteiger partial charge in [0.2, 0.25) is 10.0 Å². The fourth-order valence-corrected chi connectivity index (χ4v) is 3.29. The molecule has 0 heterocycles. The van der Waals surface area contributed by atoms with E-state index in [2.05, 4.69) is 20.7 Å². The lowest BCUT2D eigenvalue weighted by atomic mass is 9.94. The van der Waals surface area contributed by atoms with Gasteiger partial charge in [-0.15, -0.1) is 0 Å². The van der Waals surface area contributed by atoms with E-state index in [-0.39, 0.29) is 22.4 Å². The first-order valence-electron chi connectivity index (χ1n) is 6.03. The summed E-state index contributed by atoms with van der Waals surface area (Å²) in [6.45, 7) is 5.85. The summed E-state index contributed by atoms with van der Waals surface area (Å²) >= 11 is 3.20. The highest BCUT2D eigenvalue weighted by Gasteiger charge is 2.20. The minimum Gasteiger partial charge on any atom is -0.478 e. The quantitative estimate of drug-likeness (QED) is 0.840. The van der Waals surface area contributed by atoms with Gasteiger partial charge >= 0.3 is 5.97 Å². The molecule has 0 amide bonds. The fraction of sp³-hybridized carbons (Fsp3) is 0.462. The Bertz CT molecular complexity index is 605. The second kappa shape index (κ2) is 6.13. The highest BCUT2D eigenvalue weighted by atomic mass is 79.9. The molecule has 7 heteroatoms. The van der Waals surface area contributed by atoms with Crippen molar-refractivity contribution in [3.63, 3.8) is 0 Å². The molecule has 112 valence electrons. The monoisotopic (exact) mass is 363 g/mol. The van der Waals surface area contributed by atoms with Crippen LogP contribution in [0.2, 0.25) is 0 Å². The lowest BCUT2D eigenvalue weighted by Crippen LogP contribution is -2.22. The van der Waals surface area contributed by atoms with Crippen LogP contribution in [-0.2, 0) is 10.0 Å². The number of carbonyl (C=O) groups is 1. The van der Waals surface area contributed by atoms with Crippen molar-refractivity contribution in [3.8, 4) is 0 Å². The van der Waals surface area contributed by atoms with Crippen molar-refractivity contribution in [2.75, 3.05) is 10.5 Å². The molecule has 0 unspecified atom stereocenters. The van der Waals surface area contributed by atoms with Gasteiger partial charge in [0.15, 0.2) is 0 Å². The smallest absolute Gasteiger partial charge is 0.337 e. The third-order valence-corrected chi connectivity index (χ3v) is 4.36. The second-order valence-corrected chi connectivity index (χ2v) is 8.48. The molecule has 0 spiro atoms. The maximum absolute atomic E-state index is 12.0. The molecule has 0 atom stereocenters. The number of carboxylic acids is 1. The Labute approximate surface area is 127 Å². The maximum Gasteiger partial charge on any atom is 0.337 e. The van der Waals surface area contributed by atoms with E-state index in [9.17, 15) is 13.2 Å². The molecule has 5 nitrogen and oxygen atoms in total. The molecule has 1 aromatic rings. The minimum absolute atomic E-state index is 0.0535. The lowest BCUT2D eigenvalue weighted by molar-refractivity contribution is 0.0698. The summed E-state index contributed by atoms with van der Waals surface area (Å²) < 4.78 is 27.0. The molecule has 0 fully saturated rings. The highest BCUT2D eigenvalue weighted by molar-refractivity contribution is 9.10. The van der Waals surface area contributed by atoms with Gasteiger partial charge in [-0.05, 0) is 30.0 Å². The van der Waals surface area contributed by atoms with E-state index in [0.29, 0.717) is 10.9 Å². The number of carboxylic acid groups (broad SMARTS) is 1. The minimum atomic E-state index is -3.57. The molecule has 0 aliphatic rings. The van der Waals surface area contributed by atoms with Crippen LogP contribution in [0.4, 0.5) is 5.69 Å². The Morgan fingerprint density at radius 3 is 2.45 bits per heavy atom. The van der Waals surface area contributed by atoms with Crippen molar-refractivity contribution < 1.29 is 18.3 Å². The average Bonchev–Trinajstić information content (AvgIpc) is 2.24. The Morgan fingerprint density at radius 1 is 1.35 bits per heavy atom. The summed E-state index contributed by atoms with van der Waals surface area (Å²) in [7, 11) is -3.57. The molecule has 0 saturated heterocycles. The molecular formula is C13H18BrNO4S. The first-order valence-corrected chi connectivity index (χ1v) is 8.48. The summed E-state index contributed by atoms with van der Waals surface area (Å²) in [5.41, 5.74) is -0.116. The van der Waals surface area contributed by atoms with Crippen molar-refractivity contribution in [1.82, 2.24) is 0 Å². The summed E-state index contributed by atoms with van der Waals surface area (Å²) in [6.07, 6.45) is 0.485. The van der Waals surface area contributed by atoms with Crippen molar-refractivity contribution in [1.29, 1.82) is 0 Å². The SMILES string of the molecule is CC(C)(C)CCS(=O)(=O)Nc1cc(Br)ccc1C(=O)O. The van der Waals surface area contributed by atoms with Gasteiger partial charge in [-0.2, -0.15) is 0 Å². The number of hydrogen-bond acceptors (Lipinski definition) is 3. The number of halogens is 1. The fourth-order valence-electron chi connectivity index (χ4n) is 1.45. The van der Waals surface area contributed by atoms with Crippen LogP contribution in [0.1, 0.15) is 37.6 Å². The van der Waals surface area contributed by atoms with Crippen LogP contribution in [0.25, 0.3) is 0 Å². The molecule has 0 saturated carbocycles. The zero-order valence-electron chi connectivity index (χ0n) is 11.6. The van der Waals surface area contributed by atoms with Gasteiger partial charge in [0.05, 0.1) is 17.0 Å². The lowest BCUT2D eigenvalue weighted by Gasteiger charge is -2.18. The van der Waals surface area contributed by atoms with Gasteiger partial charge in [0, 0.05) is 4.47 Å². The molecule has 0 aliphatic carbocycles. The summed E-state index contributed by atoms with van der Waals surface area (Å²) in [6, 6.07) is 4.35. The number of nitrogens with one attached hydrogen (secondary N) is 1. The molecular weight excluding hydrogens is 346 g/mol. The van der Waals surface area contributed by atoms with Gasteiger partial charge in [-0.25, -0.2) is 13.2 Å². The van der Waals surface area contributed by atoms with Gasteiger partial charge < -0.3 is 5.11 Å². The van der Waals surface area contributed by atoms with E-state index in [0.717, 1.165) is 0 Å². The molecule has 0 aromatic heterocycles. The van der Waals surface area contributed by atoms with Gasteiger partial charge in [0.1, 0.15) is 0 Å². The zero-order valence-corrected chi connectivity index (χ0v) is 14.0. The molecule has 0 aliphatic heterocycles. The summed E-state index contributed by atoms with van der Waals surface area (Å²) in [5.74, 6) is -1.23. The van der Waals surface area contributed by atoms with Gasteiger partial charge in [-0.3, -0.25) is 4.72 Å². The third kappa shape index (κ3) is 5.50. The van der Waals surface area contributed by atoms with E-state index in [1.165, 1.54) is 12.1 Å². The molecule has 0 radical (unpaired) electrons. The normalized spacial score (nSPS) is 12.2. The van der Waals surface area contributed by atoms with Crippen LogP contribution in [0.15, 0.2) is 22.7 Å². The first kappa shape index (κ1) is 17.0. The Kier molecular flexibility index (Phi) is 5.21. The van der Waals surface area contributed by atoms with Crippen LogP contribution >= 0.6 is 15.9 Å². The summed E-state index contributed by atoms with van der Waals surface area (Å²) in [4.78, 5) is 11.1. The van der Waals surface area contributed by atoms with Crippen LogP contribution in [0.3, 0.4) is 0 Å². The maximum atomic E-state index is 12.0. The number of sulfonamides is 1. The van der Waals surface area contributed by atoms with E-state index >= 15 is 0 Å². The van der Waals surface area contributed by atoms with E-state index < -0.39 is 16.0 Å². The Hall–Kier alpha value is -1.08. The third-order valence-electron chi connectivity index (χ3n) is 2.60. The highest BCUT2D eigenvalue weighted by Crippen LogP contribution is 2.24. The van der Waals surface area contributed by atoms with E-state index in [1.54, 1.807) is 6.07 Å². The van der Waals surface area contributed by atoms with Gasteiger partial charge in [0.25, 0.3) is 0 Å². The van der Waals surface area contributed by atoms with Crippen LogP contribution in [0.5, 0.6) is 0 Å². The Morgan fingerprint density at radius 2 is 1.95 bits per heavy atom. The molecule has 0 bridgehead atoms. The molecule has 20 heavy (non-hydrogen) atoms. The van der Waals surface area contributed by atoms with Crippen LogP contribution in [-0.4, -0.2) is 25.2 Å². The van der Waals surface area contributed by atoms with Crippen molar-refractivity contribution in [3.05, 3.63) is 28.2 Å². The molecule has 1 aromatic carbocycles. The number of benzene rings is 1. The zero-order chi connectivity index (χ0) is 15.6.